The maximum absolute atomic E-state index is 7.13. The van der Waals surface area contributed by atoms with Crippen molar-refractivity contribution in [3.8, 4) is 44.9 Å². The van der Waals surface area contributed by atoms with Gasteiger partial charge < -0.3 is 9.64 Å². The molecule has 0 atom stereocenters. The van der Waals surface area contributed by atoms with E-state index in [0.29, 0.717) is 0 Å². The van der Waals surface area contributed by atoms with Crippen LogP contribution in [0.3, 0.4) is 0 Å². The fourth-order valence-corrected chi connectivity index (χ4v) is 9.85. The molecule has 1 spiro atoms. The summed E-state index contributed by atoms with van der Waals surface area (Å²) in [4.78, 5) is 2.33. The first-order valence-electron chi connectivity index (χ1n) is 20.3. The summed E-state index contributed by atoms with van der Waals surface area (Å²) in [5.74, 6) is 1.87. The first kappa shape index (κ1) is 33.5. The summed E-state index contributed by atoms with van der Waals surface area (Å²) >= 11 is 0. The van der Waals surface area contributed by atoms with Gasteiger partial charge in [0.1, 0.15) is 11.5 Å². The van der Waals surface area contributed by atoms with Crippen molar-refractivity contribution in [1.29, 1.82) is 0 Å². The molecule has 59 heavy (non-hydrogen) atoms. The summed E-state index contributed by atoms with van der Waals surface area (Å²) < 4.78 is 7.13. The van der Waals surface area contributed by atoms with E-state index < -0.39 is 5.41 Å². The Bertz CT molecular complexity index is 3140. The van der Waals surface area contributed by atoms with Crippen LogP contribution in [0, 0.1) is 0 Å². The maximum Gasteiger partial charge on any atom is 0.140 e. The minimum atomic E-state index is -0.558. The maximum atomic E-state index is 7.13. The average Bonchev–Trinajstić information content (AvgIpc) is 3.60. The lowest BCUT2D eigenvalue weighted by molar-refractivity contribution is 0.447. The molecule has 2 heteroatoms. The molecule has 0 fully saturated rings. The molecule has 0 N–H and O–H groups in total. The van der Waals surface area contributed by atoms with E-state index in [1.54, 1.807) is 0 Å². The molecule has 10 aromatic rings. The fraction of sp³-hybridized carbons (Fsp3) is 0.0175. The molecule has 0 saturated heterocycles. The smallest absolute Gasteiger partial charge is 0.140 e. The highest BCUT2D eigenvalue weighted by Crippen LogP contribution is 2.64. The van der Waals surface area contributed by atoms with E-state index >= 15 is 0 Å². The van der Waals surface area contributed by atoms with E-state index in [1.165, 1.54) is 66.4 Å². The molecule has 276 valence electrons. The summed E-state index contributed by atoms with van der Waals surface area (Å²) in [6.07, 6.45) is 0. The molecule has 2 nitrogen and oxygen atoms in total. The van der Waals surface area contributed by atoms with Gasteiger partial charge in [0.15, 0.2) is 0 Å². The van der Waals surface area contributed by atoms with Crippen molar-refractivity contribution < 1.29 is 4.74 Å². The number of para-hydroxylation sites is 1. The third-order valence-electron chi connectivity index (χ3n) is 12.5. The first-order chi connectivity index (χ1) is 29.3. The predicted octanol–water partition coefficient (Wildman–Crippen LogP) is 15.3. The predicted molar refractivity (Wildman–Crippen MR) is 244 cm³/mol. The molecule has 1 heterocycles. The van der Waals surface area contributed by atoms with Crippen LogP contribution in [0.5, 0.6) is 11.5 Å². The quantitative estimate of drug-likeness (QED) is 0.174. The number of hydrogen-bond donors (Lipinski definition) is 0. The number of rotatable bonds is 5. The Hall–Kier alpha value is -7.68. The monoisotopic (exact) mass is 751 g/mol. The number of anilines is 3. The second-order valence-corrected chi connectivity index (χ2v) is 15.6. The Morgan fingerprint density at radius 1 is 0.305 bits per heavy atom. The molecule has 0 aromatic heterocycles. The Kier molecular flexibility index (Phi) is 7.48. The molecule has 1 aliphatic heterocycles. The SMILES string of the molecule is c1ccc(-c2ccc(N(c3ccccc3)c3ccc(-c4ccc5c(c4)-c4ccccc4C54c5ccc6ccccc6c5Oc5c4ccc4ccccc54)cc3)cc2)cc1. The fourth-order valence-electron chi connectivity index (χ4n) is 9.85. The van der Waals surface area contributed by atoms with Crippen molar-refractivity contribution in [3.05, 3.63) is 247 Å². The summed E-state index contributed by atoms with van der Waals surface area (Å²) in [6.45, 7) is 0. The molecule has 0 amide bonds. The van der Waals surface area contributed by atoms with E-state index in [0.717, 1.165) is 39.3 Å². The molecule has 0 unspecified atom stereocenters. The Labute approximate surface area is 343 Å². The van der Waals surface area contributed by atoms with Gasteiger partial charge in [0.05, 0.1) is 5.41 Å². The second-order valence-electron chi connectivity index (χ2n) is 15.6. The highest BCUT2D eigenvalue weighted by atomic mass is 16.5. The Morgan fingerprint density at radius 2 is 0.746 bits per heavy atom. The average molecular weight is 752 g/mol. The number of fused-ring (bicyclic) bond motifs is 13. The van der Waals surface area contributed by atoms with Gasteiger partial charge in [0.2, 0.25) is 0 Å². The Balaban J connectivity index is 1.000. The highest BCUT2D eigenvalue weighted by Gasteiger charge is 2.51. The molecule has 10 aromatic carbocycles. The number of nitrogens with zero attached hydrogens (tertiary/aromatic N) is 1. The van der Waals surface area contributed by atoms with Crippen molar-refractivity contribution in [1.82, 2.24) is 0 Å². The number of benzene rings is 10. The van der Waals surface area contributed by atoms with E-state index in [1.807, 2.05) is 0 Å². The standard InChI is InChI=1S/C57H37NO/c1-3-13-38(14-4-1)39-23-30-45(31-24-39)58(44-17-5-2-6-18-44)46-32-25-40(26-33-46)43-29-34-52-50(37-43)49-21-11-12-22-51(49)57(52)53-35-27-41-15-7-9-19-47(41)55(53)59-56-48-20-10-8-16-42(48)28-36-54(56)57/h1-37H. The molecule has 0 saturated carbocycles. The van der Waals surface area contributed by atoms with Gasteiger partial charge in [-0.15, -0.1) is 0 Å². The van der Waals surface area contributed by atoms with Crippen molar-refractivity contribution in [2.75, 3.05) is 4.90 Å². The summed E-state index contributed by atoms with van der Waals surface area (Å²) in [7, 11) is 0. The zero-order valence-electron chi connectivity index (χ0n) is 32.2. The highest BCUT2D eigenvalue weighted by molar-refractivity contribution is 6.00. The molecular formula is C57H37NO. The van der Waals surface area contributed by atoms with E-state index in [2.05, 4.69) is 229 Å². The first-order valence-corrected chi connectivity index (χ1v) is 20.3. The molecule has 2 aliphatic rings. The largest absolute Gasteiger partial charge is 0.455 e. The van der Waals surface area contributed by atoms with Gasteiger partial charge in [-0.25, -0.2) is 0 Å². The molecule has 12 rings (SSSR count). The van der Waals surface area contributed by atoms with Gasteiger partial charge in [0, 0.05) is 39.0 Å². The Morgan fingerprint density at radius 3 is 1.37 bits per heavy atom. The van der Waals surface area contributed by atoms with Crippen molar-refractivity contribution in [2.24, 2.45) is 0 Å². The zero-order chi connectivity index (χ0) is 38.9. The van der Waals surface area contributed by atoms with Crippen LogP contribution in [0.4, 0.5) is 17.1 Å². The third kappa shape index (κ3) is 5.06. The van der Waals surface area contributed by atoms with Gasteiger partial charge in [-0.05, 0) is 97.7 Å². The summed E-state index contributed by atoms with van der Waals surface area (Å²) in [6, 6.07) is 81.5. The lowest BCUT2D eigenvalue weighted by Gasteiger charge is -2.40. The van der Waals surface area contributed by atoms with Crippen LogP contribution < -0.4 is 9.64 Å². The minimum Gasteiger partial charge on any atom is -0.455 e. The number of ether oxygens (including phenoxy) is 1. The minimum absolute atomic E-state index is 0.558. The molecule has 0 radical (unpaired) electrons. The van der Waals surface area contributed by atoms with Gasteiger partial charge in [0.25, 0.3) is 0 Å². The van der Waals surface area contributed by atoms with Gasteiger partial charge >= 0.3 is 0 Å². The van der Waals surface area contributed by atoms with Crippen LogP contribution in [-0.4, -0.2) is 0 Å². The second kappa shape index (κ2) is 13.2. The molecular weight excluding hydrogens is 715 g/mol. The van der Waals surface area contributed by atoms with E-state index in [4.69, 9.17) is 4.74 Å². The van der Waals surface area contributed by atoms with Crippen molar-refractivity contribution in [3.63, 3.8) is 0 Å². The molecule has 0 bridgehead atoms. The van der Waals surface area contributed by atoms with E-state index in [9.17, 15) is 0 Å². The lowest BCUT2D eigenvalue weighted by atomic mass is 9.65. The van der Waals surface area contributed by atoms with Crippen LogP contribution >= 0.6 is 0 Å². The van der Waals surface area contributed by atoms with Gasteiger partial charge in [-0.1, -0.05) is 182 Å². The number of hydrogen-bond acceptors (Lipinski definition) is 2. The van der Waals surface area contributed by atoms with Crippen LogP contribution in [0.25, 0.3) is 54.9 Å². The summed E-state index contributed by atoms with van der Waals surface area (Å²) in [5.41, 5.74) is 15.0. The topological polar surface area (TPSA) is 12.5 Å². The van der Waals surface area contributed by atoms with E-state index in [-0.39, 0.29) is 0 Å². The van der Waals surface area contributed by atoms with Crippen LogP contribution in [0.2, 0.25) is 0 Å². The van der Waals surface area contributed by atoms with Crippen molar-refractivity contribution >= 4 is 38.6 Å². The van der Waals surface area contributed by atoms with Crippen LogP contribution in [0.1, 0.15) is 22.3 Å². The van der Waals surface area contributed by atoms with Crippen LogP contribution in [0.15, 0.2) is 224 Å². The van der Waals surface area contributed by atoms with Gasteiger partial charge in [-0.3, -0.25) is 0 Å². The third-order valence-corrected chi connectivity index (χ3v) is 12.5. The normalized spacial score (nSPS) is 13.0. The van der Waals surface area contributed by atoms with Crippen LogP contribution in [-0.2, 0) is 5.41 Å². The van der Waals surface area contributed by atoms with Crippen molar-refractivity contribution in [2.45, 2.75) is 5.41 Å². The lowest BCUT2D eigenvalue weighted by Crippen LogP contribution is -2.32. The molecule has 1 aliphatic carbocycles. The summed E-state index contributed by atoms with van der Waals surface area (Å²) in [5, 5.41) is 4.60. The zero-order valence-corrected chi connectivity index (χ0v) is 32.2. The van der Waals surface area contributed by atoms with Gasteiger partial charge in [-0.2, -0.15) is 0 Å².